The van der Waals surface area contributed by atoms with Gasteiger partial charge in [-0.15, -0.1) is 0 Å². The zero-order valence-electron chi connectivity index (χ0n) is 18.3. The summed E-state index contributed by atoms with van der Waals surface area (Å²) in [4.78, 5) is 0. The number of hydrogen-bond acceptors (Lipinski definition) is 3. The number of ether oxygens (including phenoxy) is 1. The van der Waals surface area contributed by atoms with Crippen LogP contribution in [-0.2, 0) is 15.4 Å². The van der Waals surface area contributed by atoms with Crippen molar-refractivity contribution in [2.75, 3.05) is 23.7 Å². The molecule has 0 aliphatic carbocycles. The molecule has 3 aromatic rings. The Morgan fingerprint density at radius 2 is 1.67 bits per heavy atom. The molecule has 1 aliphatic rings. The second kappa shape index (κ2) is 7.31. The molecule has 1 fully saturated rings. The lowest BCUT2D eigenvalue weighted by Crippen LogP contribution is -2.26. The van der Waals surface area contributed by atoms with Crippen molar-refractivity contribution in [2.45, 2.75) is 39.5 Å². The summed E-state index contributed by atoms with van der Waals surface area (Å²) >= 11 is 0. The van der Waals surface area contributed by atoms with Gasteiger partial charge in [0.25, 0.3) is 0 Å². The van der Waals surface area contributed by atoms with Gasteiger partial charge in [0.05, 0.1) is 18.6 Å². The van der Waals surface area contributed by atoms with Crippen LogP contribution in [0.3, 0.4) is 0 Å². The van der Waals surface area contributed by atoms with Crippen LogP contribution in [0.2, 0.25) is 0 Å². The summed E-state index contributed by atoms with van der Waals surface area (Å²) < 4.78 is 32.7. The van der Waals surface area contributed by atoms with Crippen molar-refractivity contribution in [1.82, 2.24) is 0 Å². The lowest BCUT2D eigenvalue weighted by atomic mass is 9.83. The number of methoxy groups -OCH3 is 1. The summed E-state index contributed by atoms with van der Waals surface area (Å²) in [6, 6.07) is 16.7. The van der Waals surface area contributed by atoms with Crippen LogP contribution in [0.1, 0.15) is 38.3 Å². The van der Waals surface area contributed by atoms with Crippen molar-refractivity contribution in [3.8, 4) is 16.9 Å². The van der Waals surface area contributed by atoms with E-state index in [9.17, 15) is 8.42 Å². The quantitative estimate of drug-likeness (QED) is 0.546. The Labute approximate surface area is 179 Å². The molecule has 0 aromatic heterocycles. The van der Waals surface area contributed by atoms with E-state index in [4.69, 9.17) is 4.74 Å². The van der Waals surface area contributed by atoms with Gasteiger partial charge in [-0.1, -0.05) is 56.7 Å². The van der Waals surface area contributed by atoms with E-state index in [2.05, 4.69) is 64.1 Å². The summed E-state index contributed by atoms with van der Waals surface area (Å²) in [5, 5.41) is 2.34. The molecular weight excluding hydrogens is 394 g/mol. The van der Waals surface area contributed by atoms with E-state index >= 15 is 0 Å². The van der Waals surface area contributed by atoms with Gasteiger partial charge in [-0.3, -0.25) is 4.31 Å². The first-order chi connectivity index (χ1) is 14.1. The zero-order valence-corrected chi connectivity index (χ0v) is 19.1. The minimum absolute atomic E-state index is 0.201. The van der Waals surface area contributed by atoms with Crippen LogP contribution < -0.4 is 9.04 Å². The SMILES string of the molecule is COc1c(-c2ccc3cc(C)ccc3c2)cc(N2CCCS2(=O)=O)cc1C(C)(C)C. The van der Waals surface area contributed by atoms with Crippen molar-refractivity contribution in [1.29, 1.82) is 0 Å². The van der Waals surface area contributed by atoms with Gasteiger partial charge < -0.3 is 4.74 Å². The van der Waals surface area contributed by atoms with Crippen LogP contribution in [0.25, 0.3) is 21.9 Å². The molecule has 1 heterocycles. The molecule has 0 saturated carbocycles. The van der Waals surface area contributed by atoms with Crippen LogP contribution in [0.5, 0.6) is 5.75 Å². The second-order valence-corrected chi connectivity index (χ2v) is 11.1. The minimum atomic E-state index is -3.27. The molecule has 0 N–H and O–H groups in total. The molecule has 0 bridgehead atoms. The average molecular weight is 424 g/mol. The van der Waals surface area contributed by atoms with Crippen LogP contribution in [-0.4, -0.2) is 27.8 Å². The molecule has 30 heavy (non-hydrogen) atoms. The zero-order chi connectivity index (χ0) is 21.7. The van der Waals surface area contributed by atoms with Gasteiger partial charge >= 0.3 is 0 Å². The second-order valence-electron chi connectivity index (χ2n) is 9.13. The first-order valence-electron chi connectivity index (χ1n) is 10.3. The third kappa shape index (κ3) is 3.67. The number of anilines is 1. The number of benzene rings is 3. The Bertz CT molecular complexity index is 1220. The highest BCUT2D eigenvalue weighted by Gasteiger charge is 2.31. The highest BCUT2D eigenvalue weighted by atomic mass is 32.2. The number of aryl methyl sites for hydroxylation is 1. The molecule has 0 amide bonds. The van der Waals surface area contributed by atoms with Gasteiger partial charge in [0.15, 0.2) is 0 Å². The summed E-state index contributed by atoms with van der Waals surface area (Å²) in [6.45, 7) is 8.99. The number of fused-ring (bicyclic) bond motifs is 1. The van der Waals surface area contributed by atoms with Crippen molar-refractivity contribution in [3.05, 3.63) is 59.7 Å². The molecule has 0 unspecified atom stereocenters. The number of rotatable bonds is 3. The maximum atomic E-state index is 12.6. The minimum Gasteiger partial charge on any atom is -0.496 e. The summed E-state index contributed by atoms with van der Waals surface area (Å²) in [5.41, 5.74) is 4.69. The normalized spacial score (nSPS) is 16.2. The molecular formula is C25H29NO3S. The molecule has 5 heteroatoms. The highest BCUT2D eigenvalue weighted by molar-refractivity contribution is 7.93. The average Bonchev–Trinajstić information content (AvgIpc) is 3.04. The molecule has 3 aromatic carbocycles. The van der Waals surface area contributed by atoms with Crippen molar-refractivity contribution in [3.63, 3.8) is 0 Å². The Balaban J connectivity index is 1.98. The Kier molecular flexibility index (Phi) is 5.05. The van der Waals surface area contributed by atoms with Gasteiger partial charge in [0, 0.05) is 17.7 Å². The standard InChI is InChI=1S/C25H29NO3S/c1-17-7-8-19-14-20(10-9-18(19)13-17)22-15-21(26-11-6-12-30(26,27)28)16-23(24(22)29-5)25(2,3)4/h7-10,13-16H,6,11-12H2,1-5H3. The lowest BCUT2D eigenvalue weighted by molar-refractivity contribution is 0.399. The Morgan fingerprint density at radius 1 is 0.967 bits per heavy atom. The number of hydrogen-bond donors (Lipinski definition) is 0. The Morgan fingerprint density at radius 3 is 2.30 bits per heavy atom. The first-order valence-corrected chi connectivity index (χ1v) is 11.9. The van der Waals surface area contributed by atoms with E-state index in [0.717, 1.165) is 33.5 Å². The van der Waals surface area contributed by atoms with E-state index in [1.165, 1.54) is 10.9 Å². The van der Waals surface area contributed by atoms with Crippen LogP contribution >= 0.6 is 0 Å². The largest absolute Gasteiger partial charge is 0.496 e. The smallest absolute Gasteiger partial charge is 0.235 e. The Hall–Kier alpha value is -2.53. The molecule has 0 atom stereocenters. The number of nitrogens with zero attached hydrogens (tertiary/aromatic N) is 1. The summed E-state index contributed by atoms with van der Waals surface area (Å²) in [5.74, 6) is 1.00. The third-order valence-electron chi connectivity index (χ3n) is 5.78. The molecule has 4 rings (SSSR count). The highest BCUT2D eigenvalue weighted by Crippen LogP contribution is 2.44. The van der Waals surface area contributed by atoms with Crippen LogP contribution in [0.4, 0.5) is 5.69 Å². The fraction of sp³-hybridized carbons (Fsp3) is 0.360. The molecule has 4 nitrogen and oxygen atoms in total. The van der Waals surface area contributed by atoms with Crippen LogP contribution in [0.15, 0.2) is 48.5 Å². The van der Waals surface area contributed by atoms with E-state index in [0.29, 0.717) is 13.0 Å². The number of sulfonamides is 1. The maximum Gasteiger partial charge on any atom is 0.235 e. The van der Waals surface area contributed by atoms with Crippen molar-refractivity contribution < 1.29 is 13.2 Å². The van der Waals surface area contributed by atoms with Crippen LogP contribution in [0, 0.1) is 6.92 Å². The van der Waals surface area contributed by atoms with Gasteiger partial charge in [0.1, 0.15) is 5.75 Å². The fourth-order valence-electron chi connectivity index (χ4n) is 4.21. The monoisotopic (exact) mass is 423 g/mol. The fourth-order valence-corrected chi connectivity index (χ4v) is 5.76. The van der Waals surface area contributed by atoms with Gasteiger partial charge in [-0.2, -0.15) is 0 Å². The topological polar surface area (TPSA) is 46.6 Å². The van der Waals surface area contributed by atoms with Crippen molar-refractivity contribution in [2.24, 2.45) is 0 Å². The predicted molar refractivity (Wildman–Crippen MR) is 125 cm³/mol. The maximum absolute atomic E-state index is 12.6. The first kappa shape index (κ1) is 20.7. The summed E-state index contributed by atoms with van der Waals surface area (Å²) in [6.07, 6.45) is 0.657. The summed E-state index contributed by atoms with van der Waals surface area (Å²) in [7, 11) is -1.58. The molecule has 0 radical (unpaired) electrons. The van der Waals surface area contributed by atoms with Crippen molar-refractivity contribution >= 4 is 26.5 Å². The predicted octanol–water partition coefficient (Wildman–Crippen LogP) is 5.66. The van der Waals surface area contributed by atoms with E-state index in [-0.39, 0.29) is 11.2 Å². The van der Waals surface area contributed by atoms with E-state index < -0.39 is 10.0 Å². The lowest BCUT2D eigenvalue weighted by Gasteiger charge is -2.27. The van der Waals surface area contributed by atoms with Gasteiger partial charge in [0.2, 0.25) is 10.0 Å². The third-order valence-corrected chi connectivity index (χ3v) is 7.65. The molecule has 1 saturated heterocycles. The molecule has 158 valence electrons. The van der Waals surface area contributed by atoms with E-state index in [1.54, 1.807) is 11.4 Å². The van der Waals surface area contributed by atoms with E-state index in [1.807, 2.05) is 12.1 Å². The molecule has 0 spiro atoms. The van der Waals surface area contributed by atoms with Gasteiger partial charge in [-0.25, -0.2) is 8.42 Å². The van der Waals surface area contributed by atoms with Gasteiger partial charge in [-0.05, 0) is 53.3 Å². The molecule has 1 aliphatic heterocycles.